The first-order chi connectivity index (χ1) is 9.63. The number of benzene rings is 1. The standard InChI is InChI=1S/C14H12BrN3O2/c15-9-1-3-11(17-6-9)7-18-12-5-10(16)2-4-13(12)20-8-14(18)19/h1-6H,7-8,16H2. The van der Waals surface area contributed by atoms with Gasteiger partial charge in [-0.3, -0.25) is 14.7 Å². The number of anilines is 2. The van der Waals surface area contributed by atoms with Crippen LogP contribution >= 0.6 is 15.9 Å². The van der Waals surface area contributed by atoms with Crippen LogP contribution in [0.1, 0.15) is 5.69 Å². The third-order valence-electron chi connectivity index (χ3n) is 3.03. The molecule has 0 radical (unpaired) electrons. The number of pyridine rings is 1. The molecule has 0 fully saturated rings. The monoisotopic (exact) mass is 333 g/mol. The normalized spacial score (nSPS) is 13.8. The fraction of sp³-hybridized carbons (Fsp3) is 0.143. The molecule has 2 aromatic rings. The summed E-state index contributed by atoms with van der Waals surface area (Å²) in [5.74, 6) is 0.559. The second-order valence-corrected chi connectivity index (χ2v) is 5.38. The predicted molar refractivity (Wildman–Crippen MR) is 79.5 cm³/mol. The van der Waals surface area contributed by atoms with Gasteiger partial charge in [-0.25, -0.2) is 0 Å². The zero-order valence-electron chi connectivity index (χ0n) is 10.5. The van der Waals surface area contributed by atoms with E-state index < -0.39 is 0 Å². The molecule has 20 heavy (non-hydrogen) atoms. The maximum atomic E-state index is 12.1. The minimum Gasteiger partial charge on any atom is -0.482 e. The highest BCUT2D eigenvalue weighted by atomic mass is 79.9. The van der Waals surface area contributed by atoms with Crippen LogP contribution in [0.3, 0.4) is 0 Å². The van der Waals surface area contributed by atoms with Crippen LogP contribution in [0.5, 0.6) is 5.75 Å². The molecule has 1 aromatic carbocycles. The van der Waals surface area contributed by atoms with Crippen LogP contribution < -0.4 is 15.4 Å². The fourth-order valence-corrected chi connectivity index (χ4v) is 2.29. The number of nitrogens with two attached hydrogens (primary N) is 1. The summed E-state index contributed by atoms with van der Waals surface area (Å²) in [7, 11) is 0. The Balaban J connectivity index is 1.94. The van der Waals surface area contributed by atoms with Gasteiger partial charge >= 0.3 is 0 Å². The van der Waals surface area contributed by atoms with Crippen LogP contribution in [-0.4, -0.2) is 17.5 Å². The van der Waals surface area contributed by atoms with Crippen molar-refractivity contribution in [3.63, 3.8) is 0 Å². The molecule has 0 unspecified atom stereocenters. The summed E-state index contributed by atoms with van der Waals surface area (Å²) in [6.45, 7) is 0.430. The maximum Gasteiger partial charge on any atom is 0.265 e. The molecule has 1 amide bonds. The summed E-state index contributed by atoms with van der Waals surface area (Å²) < 4.78 is 6.31. The number of rotatable bonds is 2. The molecule has 2 heterocycles. The zero-order chi connectivity index (χ0) is 14.1. The summed E-state index contributed by atoms with van der Waals surface area (Å²) in [6.07, 6.45) is 1.71. The lowest BCUT2D eigenvalue weighted by molar-refractivity contribution is -0.121. The Morgan fingerprint density at radius 1 is 1.35 bits per heavy atom. The van der Waals surface area contributed by atoms with Gasteiger partial charge in [-0.05, 0) is 46.3 Å². The predicted octanol–water partition coefficient (Wildman–Crippen LogP) is 2.35. The van der Waals surface area contributed by atoms with Gasteiger partial charge in [0.05, 0.1) is 17.9 Å². The number of nitrogen functional groups attached to an aromatic ring is 1. The van der Waals surface area contributed by atoms with Crippen molar-refractivity contribution in [1.29, 1.82) is 0 Å². The third-order valence-corrected chi connectivity index (χ3v) is 3.50. The van der Waals surface area contributed by atoms with Crippen molar-refractivity contribution in [1.82, 2.24) is 4.98 Å². The van der Waals surface area contributed by atoms with Crippen LogP contribution in [-0.2, 0) is 11.3 Å². The van der Waals surface area contributed by atoms with E-state index in [1.54, 1.807) is 29.3 Å². The van der Waals surface area contributed by atoms with E-state index in [4.69, 9.17) is 10.5 Å². The minimum absolute atomic E-state index is 0.0352. The molecule has 1 aliphatic heterocycles. The van der Waals surface area contributed by atoms with Gasteiger partial charge in [0.15, 0.2) is 6.61 Å². The summed E-state index contributed by atoms with van der Waals surface area (Å²) in [6, 6.07) is 9.04. The summed E-state index contributed by atoms with van der Waals surface area (Å²) in [4.78, 5) is 18.0. The summed E-state index contributed by atoms with van der Waals surface area (Å²) >= 11 is 3.34. The fourth-order valence-electron chi connectivity index (χ4n) is 2.05. The SMILES string of the molecule is Nc1ccc2c(c1)N(Cc1ccc(Br)cn1)C(=O)CO2. The van der Waals surface area contributed by atoms with Crippen LogP contribution in [0.25, 0.3) is 0 Å². The Kier molecular flexibility index (Phi) is 3.31. The van der Waals surface area contributed by atoms with Crippen molar-refractivity contribution < 1.29 is 9.53 Å². The van der Waals surface area contributed by atoms with E-state index in [1.807, 2.05) is 12.1 Å². The summed E-state index contributed by atoms with van der Waals surface area (Å²) in [5, 5.41) is 0. The van der Waals surface area contributed by atoms with Gasteiger partial charge < -0.3 is 10.5 Å². The molecule has 0 atom stereocenters. The number of carbonyl (C=O) groups excluding carboxylic acids is 1. The van der Waals surface area contributed by atoms with E-state index in [2.05, 4.69) is 20.9 Å². The van der Waals surface area contributed by atoms with Crippen molar-refractivity contribution >= 4 is 33.2 Å². The molecule has 3 rings (SSSR count). The third kappa shape index (κ3) is 2.46. The lowest BCUT2D eigenvalue weighted by Crippen LogP contribution is -2.38. The molecular weight excluding hydrogens is 322 g/mol. The van der Waals surface area contributed by atoms with E-state index in [9.17, 15) is 4.79 Å². The molecule has 0 saturated carbocycles. The molecule has 0 bridgehead atoms. The minimum atomic E-state index is -0.104. The van der Waals surface area contributed by atoms with Gasteiger partial charge in [-0.2, -0.15) is 0 Å². The number of ether oxygens (including phenoxy) is 1. The van der Waals surface area contributed by atoms with Gasteiger partial charge in [-0.15, -0.1) is 0 Å². The number of fused-ring (bicyclic) bond motifs is 1. The Morgan fingerprint density at radius 3 is 2.95 bits per heavy atom. The quantitative estimate of drug-likeness (QED) is 0.856. The molecule has 1 aromatic heterocycles. The highest BCUT2D eigenvalue weighted by Gasteiger charge is 2.26. The zero-order valence-corrected chi connectivity index (χ0v) is 12.1. The molecule has 6 heteroatoms. The van der Waals surface area contributed by atoms with E-state index in [1.165, 1.54) is 0 Å². The second kappa shape index (κ2) is 5.13. The lowest BCUT2D eigenvalue weighted by atomic mass is 10.2. The first-order valence-corrected chi connectivity index (χ1v) is 6.86. The number of hydrogen-bond acceptors (Lipinski definition) is 4. The van der Waals surface area contributed by atoms with Crippen LogP contribution in [0.15, 0.2) is 41.0 Å². The highest BCUT2D eigenvalue weighted by molar-refractivity contribution is 9.10. The van der Waals surface area contributed by atoms with Gasteiger partial charge in [-0.1, -0.05) is 0 Å². The van der Waals surface area contributed by atoms with Gasteiger partial charge in [0, 0.05) is 16.4 Å². The molecule has 0 spiro atoms. The Morgan fingerprint density at radius 2 is 2.20 bits per heavy atom. The molecule has 2 N–H and O–H groups in total. The number of aromatic nitrogens is 1. The van der Waals surface area contributed by atoms with E-state index in [0.717, 1.165) is 10.2 Å². The first kappa shape index (κ1) is 12.9. The van der Waals surface area contributed by atoms with E-state index in [0.29, 0.717) is 23.7 Å². The largest absolute Gasteiger partial charge is 0.482 e. The van der Waals surface area contributed by atoms with Crippen LogP contribution in [0.4, 0.5) is 11.4 Å². The smallest absolute Gasteiger partial charge is 0.265 e. The Labute approximate surface area is 124 Å². The molecule has 0 saturated heterocycles. The maximum absolute atomic E-state index is 12.1. The topological polar surface area (TPSA) is 68.5 Å². The average molecular weight is 334 g/mol. The van der Waals surface area contributed by atoms with Gasteiger partial charge in [0.25, 0.3) is 5.91 Å². The number of hydrogen-bond donors (Lipinski definition) is 1. The number of nitrogens with zero attached hydrogens (tertiary/aromatic N) is 2. The molecule has 0 aliphatic carbocycles. The lowest BCUT2D eigenvalue weighted by Gasteiger charge is -2.29. The average Bonchev–Trinajstić information content (AvgIpc) is 2.44. The number of carbonyl (C=O) groups is 1. The van der Waals surface area contributed by atoms with E-state index in [-0.39, 0.29) is 12.5 Å². The Hall–Kier alpha value is -2.08. The Bertz CT molecular complexity index is 658. The van der Waals surface area contributed by atoms with Gasteiger partial charge in [0.2, 0.25) is 0 Å². The van der Waals surface area contributed by atoms with Crippen molar-refractivity contribution in [2.75, 3.05) is 17.2 Å². The molecular formula is C14H12BrN3O2. The highest BCUT2D eigenvalue weighted by Crippen LogP contribution is 2.34. The van der Waals surface area contributed by atoms with E-state index >= 15 is 0 Å². The number of amides is 1. The first-order valence-electron chi connectivity index (χ1n) is 6.06. The molecule has 1 aliphatic rings. The summed E-state index contributed by atoms with van der Waals surface area (Å²) in [5.41, 5.74) is 7.87. The van der Waals surface area contributed by atoms with Crippen molar-refractivity contribution in [3.05, 3.63) is 46.7 Å². The second-order valence-electron chi connectivity index (χ2n) is 4.46. The van der Waals surface area contributed by atoms with Crippen molar-refractivity contribution in [2.24, 2.45) is 0 Å². The van der Waals surface area contributed by atoms with Crippen molar-refractivity contribution in [3.8, 4) is 5.75 Å². The number of halogens is 1. The van der Waals surface area contributed by atoms with Crippen LogP contribution in [0, 0.1) is 0 Å². The van der Waals surface area contributed by atoms with Crippen molar-refractivity contribution in [2.45, 2.75) is 6.54 Å². The van der Waals surface area contributed by atoms with Gasteiger partial charge in [0.1, 0.15) is 5.75 Å². The molecule has 5 nitrogen and oxygen atoms in total. The molecule has 102 valence electrons. The van der Waals surface area contributed by atoms with Crippen LogP contribution in [0.2, 0.25) is 0 Å².